The minimum Gasteiger partial charge on any atom is -0.395 e. The summed E-state index contributed by atoms with van der Waals surface area (Å²) in [5, 5.41) is 9.09. The Bertz CT molecular complexity index is 463. The minimum absolute atomic E-state index is 0.0502. The van der Waals surface area contributed by atoms with Gasteiger partial charge in [-0.15, -0.1) is 0 Å². The number of carbonyl (C=O) groups excluding carboxylic acids is 1. The molecule has 1 saturated carbocycles. The molecule has 1 amide bonds. The fourth-order valence-electron chi connectivity index (χ4n) is 2.52. The third-order valence-electron chi connectivity index (χ3n) is 3.39. The second-order valence-electron chi connectivity index (χ2n) is 4.60. The molecule has 0 atom stereocenters. The minimum atomic E-state index is -0.281. The monoisotopic (exact) mass is 250 g/mol. The SMILES string of the molecule is O=C(c1cc[nH]c(=O)c1)N(CCO)C1CCCC1. The zero-order valence-corrected chi connectivity index (χ0v) is 10.3. The van der Waals surface area contributed by atoms with Gasteiger partial charge in [0.05, 0.1) is 6.61 Å². The largest absolute Gasteiger partial charge is 0.395 e. The van der Waals surface area contributed by atoms with Crippen molar-refractivity contribution < 1.29 is 9.90 Å². The molecule has 1 heterocycles. The van der Waals surface area contributed by atoms with Crippen molar-refractivity contribution in [2.24, 2.45) is 0 Å². The summed E-state index contributed by atoms with van der Waals surface area (Å²) in [4.78, 5) is 27.7. The third-order valence-corrected chi connectivity index (χ3v) is 3.39. The fraction of sp³-hybridized carbons (Fsp3) is 0.538. The van der Waals surface area contributed by atoms with Crippen molar-refractivity contribution in [1.29, 1.82) is 0 Å². The Morgan fingerprint density at radius 1 is 1.44 bits per heavy atom. The second kappa shape index (κ2) is 5.82. The predicted octanol–water partition coefficient (Wildman–Crippen LogP) is 0.752. The van der Waals surface area contributed by atoms with Crippen molar-refractivity contribution in [1.82, 2.24) is 9.88 Å². The maximum absolute atomic E-state index is 12.3. The molecule has 1 aromatic heterocycles. The number of aliphatic hydroxyl groups excluding tert-OH is 1. The van der Waals surface area contributed by atoms with E-state index in [1.807, 2.05) is 0 Å². The molecule has 18 heavy (non-hydrogen) atoms. The highest BCUT2D eigenvalue weighted by atomic mass is 16.3. The van der Waals surface area contributed by atoms with Crippen LogP contribution in [-0.2, 0) is 0 Å². The number of nitrogens with one attached hydrogen (secondary N) is 1. The molecule has 1 aromatic rings. The van der Waals surface area contributed by atoms with E-state index in [1.165, 1.54) is 12.3 Å². The average molecular weight is 250 g/mol. The van der Waals surface area contributed by atoms with Gasteiger partial charge in [0.2, 0.25) is 5.56 Å². The highest BCUT2D eigenvalue weighted by Crippen LogP contribution is 2.24. The lowest BCUT2D eigenvalue weighted by molar-refractivity contribution is 0.0638. The smallest absolute Gasteiger partial charge is 0.254 e. The zero-order chi connectivity index (χ0) is 13.0. The van der Waals surface area contributed by atoms with Crippen LogP contribution in [0.4, 0.5) is 0 Å². The first-order chi connectivity index (χ1) is 8.72. The van der Waals surface area contributed by atoms with Gasteiger partial charge in [0.1, 0.15) is 0 Å². The molecular weight excluding hydrogens is 232 g/mol. The molecule has 5 nitrogen and oxygen atoms in total. The van der Waals surface area contributed by atoms with Crippen LogP contribution < -0.4 is 5.56 Å². The van der Waals surface area contributed by atoms with Crippen LogP contribution in [0.5, 0.6) is 0 Å². The van der Waals surface area contributed by atoms with Crippen LogP contribution in [0.3, 0.4) is 0 Å². The lowest BCUT2D eigenvalue weighted by atomic mass is 10.1. The van der Waals surface area contributed by atoms with Crippen molar-refractivity contribution in [3.05, 3.63) is 34.2 Å². The normalized spacial score (nSPS) is 15.8. The maximum atomic E-state index is 12.3. The van der Waals surface area contributed by atoms with E-state index in [2.05, 4.69) is 4.98 Å². The molecule has 0 aliphatic heterocycles. The summed E-state index contributed by atoms with van der Waals surface area (Å²) in [6.07, 6.45) is 5.68. The quantitative estimate of drug-likeness (QED) is 0.828. The van der Waals surface area contributed by atoms with Crippen molar-refractivity contribution >= 4 is 5.91 Å². The second-order valence-corrected chi connectivity index (χ2v) is 4.60. The Hall–Kier alpha value is -1.62. The van der Waals surface area contributed by atoms with Gasteiger partial charge >= 0.3 is 0 Å². The fourth-order valence-corrected chi connectivity index (χ4v) is 2.52. The number of pyridine rings is 1. The number of aromatic amines is 1. The van der Waals surface area contributed by atoms with E-state index in [4.69, 9.17) is 5.11 Å². The van der Waals surface area contributed by atoms with Crippen LogP contribution in [0.15, 0.2) is 23.1 Å². The molecule has 0 aromatic carbocycles. The summed E-state index contributed by atoms with van der Waals surface area (Å²) in [6, 6.07) is 3.11. The molecular formula is C13H18N2O3. The third kappa shape index (κ3) is 2.79. The molecule has 1 fully saturated rings. The number of aromatic nitrogens is 1. The van der Waals surface area contributed by atoms with Gasteiger partial charge < -0.3 is 15.0 Å². The standard InChI is InChI=1S/C13H18N2O3/c16-8-7-15(11-3-1-2-4-11)13(18)10-5-6-14-12(17)9-10/h5-6,9,11,16H,1-4,7-8H2,(H,14,17). The molecule has 98 valence electrons. The molecule has 1 aliphatic carbocycles. The van der Waals surface area contributed by atoms with Crippen molar-refractivity contribution in [3.8, 4) is 0 Å². The van der Waals surface area contributed by atoms with Gasteiger partial charge in [0.15, 0.2) is 0 Å². The van der Waals surface area contributed by atoms with E-state index in [0.29, 0.717) is 12.1 Å². The number of H-pyrrole nitrogens is 1. The summed E-state index contributed by atoms with van der Waals surface area (Å²) in [5.74, 6) is -0.165. The van der Waals surface area contributed by atoms with Crippen molar-refractivity contribution in [2.45, 2.75) is 31.7 Å². The van der Waals surface area contributed by atoms with Gasteiger partial charge in [-0.25, -0.2) is 0 Å². The Balaban J connectivity index is 2.19. The van der Waals surface area contributed by atoms with Gasteiger partial charge in [-0.3, -0.25) is 9.59 Å². The summed E-state index contributed by atoms with van der Waals surface area (Å²) < 4.78 is 0. The Kier molecular flexibility index (Phi) is 4.15. The first-order valence-electron chi connectivity index (χ1n) is 6.33. The molecule has 2 rings (SSSR count). The lowest BCUT2D eigenvalue weighted by Crippen LogP contribution is -2.41. The molecule has 0 unspecified atom stereocenters. The van der Waals surface area contributed by atoms with Crippen molar-refractivity contribution in [2.75, 3.05) is 13.2 Å². The molecule has 0 radical (unpaired) electrons. The van der Waals surface area contributed by atoms with E-state index in [0.717, 1.165) is 25.7 Å². The van der Waals surface area contributed by atoms with Crippen LogP contribution in [0.1, 0.15) is 36.0 Å². The van der Waals surface area contributed by atoms with Gasteiger partial charge in [-0.05, 0) is 18.9 Å². The highest BCUT2D eigenvalue weighted by Gasteiger charge is 2.26. The van der Waals surface area contributed by atoms with Crippen LogP contribution in [0.25, 0.3) is 0 Å². The van der Waals surface area contributed by atoms with Gasteiger partial charge in [0, 0.05) is 30.4 Å². The summed E-state index contributed by atoms with van der Waals surface area (Å²) >= 11 is 0. The van der Waals surface area contributed by atoms with Crippen LogP contribution in [0, 0.1) is 0 Å². The molecule has 1 aliphatic rings. The number of amides is 1. The first-order valence-corrected chi connectivity index (χ1v) is 6.33. The number of hydrogen-bond donors (Lipinski definition) is 2. The van der Waals surface area contributed by atoms with E-state index in [1.54, 1.807) is 11.0 Å². The number of carbonyl (C=O) groups is 1. The van der Waals surface area contributed by atoms with E-state index < -0.39 is 0 Å². The number of nitrogens with zero attached hydrogens (tertiary/aromatic N) is 1. The Morgan fingerprint density at radius 2 is 2.17 bits per heavy atom. The molecule has 0 spiro atoms. The molecule has 0 saturated heterocycles. The van der Waals surface area contributed by atoms with Gasteiger partial charge in [-0.2, -0.15) is 0 Å². The zero-order valence-electron chi connectivity index (χ0n) is 10.3. The molecule has 0 bridgehead atoms. The maximum Gasteiger partial charge on any atom is 0.254 e. The number of rotatable bonds is 4. The van der Waals surface area contributed by atoms with Crippen LogP contribution in [-0.4, -0.2) is 40.1 Å². The predicted molar refractivity (Wildman–Crippen MR) is 67.4 cm³/mol. The lowest BCUT2D eigenvalue weighted by Gasteiger charge is -2.28. The van der Waals surface area contributed by atoms with E-state index in [9.17, 15) is 9.59 Å². The van der Waals surface area contributed by atoms with Gasteiger partial charge in [-0.1, -0.05) is 12.8 Å². The number of hydrogen-bond acceptors (Lipinski definition) is 3. The topological polar surface area (TPSA) is 73.4 Å². The Labute approximate surface area is 105 Å². The van der Waals surface area contributed by atoms with Gasteiger partial charge in [0.25, 0.3) is 5.91 Å². The molecule has 5 heteroatoms. The first kappa shape index (κ1) is 12.8. The van der Waals surface area contributed by atoms with E-state index >= 15 is 0 Å². The summed E-state index contributed by atoms with van der Waals surface area (Å²) in [6.45, 7) is 0.279. The summed E-state index contributed by atoms with van der Waals surface area (Å²) in [7, 11) is 0. The van der Waals surface area contributed by atoms with Crippen LogP contribution in [0.2, 0.25) is 0 Å². The molecule has 2 N–H and O–H groups in total. The Morgan fingerprint density at radius 3 is 2.78 bits per heavy atom. The van der Waals surface area contributed by atoms with Crippen LogP contribution >= 0.6 is 0 Å². The highest BCUT2D eigenvalue weighted by molar-refractivity contribution is 5.94. The van der Waals surface area contributed by atoms with Crippen molar-refractivity contribution in [3.63, 3.8) is 0 Å². The van der Waals surface area contributed by atoms with E-state index in [-0.39, 0.29) is 24.1 Å². The average Bonchev–Trinajstić information content (AvgIpc) is 2.89. The number of aliphatic hydroxyl groups is 1. The summed E-state index contributed by atoms with van der Waals surface area (Å²) in [5.41, 5.74) is 0.107.